The van der Waals surface area contributed by atoms with E-state index < -0.39 is 16.1 Å². The largest absolute Gasteiger partial charge is 0.355 e. The predicted octanol–water partition coefficient (Wildman–Crippen LogP) is 5.28. The summed E-state index contributed by atoms with van der Waals surface area (Å²) in [5.74, 6) is -0.442. The molecule has 0 unspecified atom stereocenters. The van der Waals surface area contributed by atoms with Crippen molar-refractivity contribution >= 4 is 39.1 Å². The van der Waals surface area contributed by atoms with Gasteiger partial charge in [0.05, 0.1) is 11.9 Å². The average Bonchev–Trinajstić information content (AvgIpc) is 2.91. The molecule has 3 aromatic carbocycles. The van der Waals surface area contributed by atoms with E-state index in [4.69, 9.17) is 11.6 Å². The lowest BCUT2D eigenvalue weighted by Gasteiger charge is -2.32. The van der Waals surface area contributed by atoms with Gasteiger partial charge in [-0.25, -0.2) is 8.42 Å². The number of halogens is 1. The molecule has 0 aliphatic carbocycles. The molecular weight excluding hydrogens is 546 g/mol. The number of aryl methyl sites for hydroxylation is 2. The van der Waals surface area contributed by atoms with Crippen LogP contribution in [0.2, 0.25) is 5.02 Å². The summed E-state index contributed by atoms with van der Waals surface area (Å²) in [6, 6.07) is 21.9. The number of anilines is 1. The van der Waals surface area contributed by atoms with Crippen LogP contribution in [0.3, 0.4) is 0 Å². The van der Waals surface area contributed by atoms with Gasteiger partial charge in [0, 0.05) is 37.5 Å². The van der Waals surface area contributed by atoms with Gasteiger partial charge in [0.1, 0.15) is 6.04 Å². The number of carbonyl (C=O) groups is 2. The Morgan fingerprint density at radius 3 is 2.25 bits per heavy atom. The number of carbonyl (C=O) groups excluding carboxylic acids is 2. The van der Waals surface area contributed by atoms with Crippen molar-refractivity contribution in [3.63, 3.8) is 0 Å². The zero-order valence-corrected chi connectivity index (χ0v) is 25.1. The minimum absolute atomic E-state index is 0.0716. The molecule has 40 heavy (non-hydrogen) atoms. The molecule has 214 valence electrons. The van der Waals surface area contributed by atoms with Gasteiger partial charge in [0.15, 0.2) is 0 Å². The fraction of sp³-hybridized carbons (Fsp3) is 0.355. The van der Waals surface area contributed by atoms with Crippen molar-refractivity contribution in [2.45, 2.75) is 52.6 Å². The van der Waals surface area contributed by atoms with Crippen LogP contribution in [0.5, 0.6) is 0 Å². The van der Waals surface area contributed by atoms with E-state index in [0.717, 1.165) is 28.5 Å². The van der Waals surface area contributed by atoms with Crippen molar-refractivity contribution in [3.05, 3.63) is 100 Å². The van der Waals surface area contributed by atoms with E-state index in [0.29, 0.717) is 23.7 Å². The predicted molar refractivity (Wildman–Crippen MR) is 162 cm³/mol. The third-order valence-corrected chi connectivity index (χ3v) is 8.10. The lowest BCUT2D eigenvalue weighted by Crippen LogP contribution is -2.50. The smallest absolute Gasteiger partial charge is 0.243 e. The summed E-state index contributed by atoms with van der Waals surface area (Å²) in [5, 5.41) is 3.32. The number of benzene rings is 3. The van der Waals surface area contributed by atoms with Crippen molar-refractivity contribution in [1.82, 2.24) is 10.2 Å². The summed E-state index contributed by atoms with van der Waals surface area (Å²) < 4.78 is 26.7. The van der Waals surface area contributed by atoms with Crippen LogP contribution >= 0.6 is 11.6 Å². The van der Waals surface area contributed by atoms with Gasteiger partial charge in [-0.3, -0.25) is 13.9 Å². The average molecular weight is 584 g/mol. The maximum Gasteiger partial charge on any atom is 0.243 e. The monoisotopic (exact) mass is 583 g/mol. The van der Waals surface area contributed by atoms with Crippen molar-refractivity contribution in [1.29, 1.82) is 0 Å². The summed E-state index contributed by atoms with van der Waals surface area (Å²) in [6.07, 6.45) is 1.85. The van der Waals surface area contributed by atoms with E-state index in [2.05, 4.69) is 5.32 Å². The topological polar surface area (TPSA) is 86.8 Å². The highest BCUT2D eigenvalue weighted by Gasteiger charge is 2.30. The number of hydrogen-bond donors (Lipinski definition) is 1. The minimum atomic E-state index is -3.62. The maximum absolute atomic E-state index is 13.8. The lowest BCUT2D eigenvalue weighted by atomic mass is 10.0. The molecule has 3 rings (SSSR count). The molecule has 1 N–H and O–H groups in total. The first-order valence-corrected chi connectivity index (χ1v) is 15.6. The SMILES string of the molecule is CCNC(=O)[C@@H](Cc1ccccc1)N(Cc1ccc(C)cc1)C(=O)CCCN(c1cc(Cl)ccc1C)S(C)(=O)=O. The fourth-order valence-corrected chi connectivity index (χ4v) is 5.75. The van der Waals surface area contributed by atoms with Gasteiger partial charge < -0.3 is 10.2 Å². The molecule has 7 nitrogen and oxygen atoms in total. The minimum Gasteiger partial charge on any atom is -0.355 e. The van der Waals surface area contributed by atoms with Crippen LogP contribution in [-0.4, -0.2) is 50.5 Å². The number of hydrogen-bond acceptors (Lipinski definition) is 4. The Labute approximate surface area is 243 Å². The van der Waals surface area contributed by atoms with E-state index in [9.17, 15) is 18.0 Å². The molecule has 0 saturated carbocycles. The number of likely N-dealkylation sites (N-methyl/N-ethyl adjacent to an activating group) is 1. The highest BCUT2D eigenvalue weighted by atomic mass is 35.5. The molecule has 0 spiro atoms. The van der Waals surface area contributed by atoms with Gasteiger partial charge in [0.2, 0.25) is 21.8 Å². The van der Waals surface area contributed by atoms with E-state index in [1.54, 1.807) is 23.1 Å². The molecule has 0 saturated heterocycles. The Balaban J connectivity index is 1.87. The van der Waals surface area contributed by atoms with E-state index in [1.165, 1.54) is 4.31 Å². The van der Waals surface area contributed by atoms with Crippen LogP contribution in [0.15, 0.2) is 72.8 Å². The Bertz CT molecular complexity index is 1400. The Kier molecular flexibility index (Phi) is 11.2. The summed E-state index contributed by atoms with van der Waals surface area (Å²) >= 11 is 6.16. The standard InChI is InChI=1S/C31H38ClN3O4S/c1-5-33-31(37)29(20-25-10-7-6-8-11-25)34(22-26-16-13-23(2)14-17-26)30(36)12-9-19-35(40(4,38)39)28-21-27(32)18-15-24(28)3/h6-8,10-11,13-18,21,29H,5,9,12,19-20,22H2,1-4H3,(H,33,37)/t29-/m1/s1. The summed E-state index contributed by atoms with van der Waals surface area (Å²) in [7, 11) is -3.62. The van der Waals surface area contributed by atoms with Crippen molar-refractivity contribution in [2.24, 2.45) is 0 Å². The van der Waals surface area contributed by atoms with Crippen LogP contribution in [-0.2, 0) is 32.6 Å². The van der Waals surface area contributed by atoms with Crippen LogP contribution in [0.4, 0.5) is 5.69 Å². The molecule has 0 aliphatic rings. The maximum atomic E-state index is 13.8. The lowest BCUT2D eigenvalue weighted by molar-refractivity contribution is -0.141. The second-order valence-electron chi connectivity index (χ2n) is 9.98. The zero-order valence-electron chi connectivity index (χ0n) is 23.6. The van der Waals surface area contributed by atoms with Gasteiger partial charge in [-0.1, -0.05) is 77.8 Å². The number of amides is 2. The zero-order chi connectivity index (χ0) is 29.3. The van der Waals surface area contributed by atoms with Crippen LogP contribution < -0.4 is 9.62 Å². The Hall–Kier alpha value is -3.36. The molecule has 1 atom stereocenters. The molecule has 2 amide bonds. The molecule has 9 heteroatoms. The molecule has 0 heterocycles. The van der Waals surface area contributed by atoms with Gasteiger partial charge in [0.25, 0.3) is 0 Å². The molecule has 0 fully saturated rings. The van der Waals surface area contributed by atoms with Crippen LogP contribution in [0.1, 0.15) is 42.0 Å². The van der Waals surface area contributed by atoms with Gasteiger partial charge in [-0.05, 0) is 56.0 Å². The van der Waals surface area contributed by atoms with Crippen molar-refractivity contribution in [2.75, 3.05) is 23.7 Å². The summed E-state index contributed by atoms with van der Waals surface area (Å²) in [5.41, 5.74) is 4.21. The molecule has 0 aromatic heterocycles. The molecule has 0 bridgehead atoms. The highest BCUT2D eigenvalue weighted by Crippen LogP contribution is 2.27. The quantitative estimate of drug-likeness (QED) is 0.297. The first-order valence-electron chi connectivity index (χ1n) is 13.4. The molecular formula is C31H38ClN3O4S. The fourth-order valence-electron chi connectivity index (χ4n) is 4.57. The van der Waals surface area contributed by atoms with Gasteiger partial charge in [-0.2, -0.15) is 0 Å². The van der Waals surface area contributed by atoms with Crippen LogP contribution in [0, 0.1) is 13.8 Å². The highest BCUT2D eigenvalue weighted by molar-refractivity contribution is 7.92. The van der Waals surface area contributed by atoms with E-state index in [-0.39, 0.29) is 37.7 Å². The second-order valence-corrected chi connectivity index (χ2v) is 12.3. The second kappa shape index (κ2) is 14.3. The molecule has 0 aliphatic heterocycles. The summed E-state index contributed by atoms with van der Waals surface area (Å²) in [6.45, 7) is 6.47. The first kappa shape index (κ1) is 31.2. The third kappa shape index (κ3) is 8.83. The molecule has 3 aromatic rings. The third-order valence-electron chi connectivity index (χ3n) is 6.69. The van der Waals surface area contributed by atoms with Crippen LogP contribution in [0.25, 0.3) is 0 Å². The van der Waals surface area contributed by atoms with E-state index >= 15 is 0 Å². The van der Waals surface area contributed by atoms with Gasteiger partial charge >= 0.3 is 0 Å². The molecule has 0 radical (unpaired) electrons. The first-order chi connectivity index (χ1) is 19.0. The number of nitrogens with zero attached hydrogens (tertiary/aromatic N) is 2. The van der Waals surface area contributed by atoms with E-state index in [1.807, 2.05) is 75.4 Å². The number of sulfonamides is 1. The van der Waals surface area contributed by atoms with Gasteiger partial charge in [-0.15, -0.1) is 0 Å². The normalized spacial score (nSPS) is 12.0. The number of nitrogens with one attached hydrogen (secondary N) is 1. The van der Waals surface area contributed by atoms with Crippen molar-refractivity contribution < 1.29 is 18.0 Å². The van der Waals surface area contributed by atoms with Crippen molar-refractivity contribution in [3.8, 4) is 0 Å². The Morgan fingerprint density at radius 1 is 0.950 bits per heavy atom. The number of rotatable bonds is 13. The Morgan fingerprint density at radius 2 is 1.62 bits per heavy atom. The summed E-state index contributed by atoms with van der Waals surface area (Å²) in [4.78, 5) is 28.7.